The van der Waals surface area contributed by atoms with Crippen LogP contribution in [0.4, 0.5) is 0 Å². The minimum absolute atomic E-state index is 0.578. The lowest BCUT2D eigenvalue weighted by Gasteiger charge is -2.22. The number of aryl methyl sites for hydroxylation is 1. The zero-order valence-electron chi connectivity index (χ0n) is 12.4. The van der Waals surface area contributed by atoms with E-state index in [9.17, 15) is 9.32 Å². The summed E-state index contributed by atoms with van der Waals surface area (Å²) in [4.78, 5) is 1.58. The number of aliphatic hydroxyl groups is 1. The molecule has 110 valence electrons. The van der Waals surface area contributed by atoms with Gasteiger partial charge >= 0.3 is 0 Å². The molecule has 0 spiro atoms. The van der Waals surface area contributed by atoms with Gasteiger partial charge in [-0.05, 0) is 51.2 Å². The van der Waals surface area contributed by atoms with Gasteiger partial charge in [-0.1, -0.05) is 36.6 Å². The fourth-order valence-electron chi connectivity index (χ4n) is 2.69. The Morgan fingerprint density at radius 3 is 2.35 bits per heavy atom. The Bertz CT molecular complexity index is 494. The van der Waals surface area contributed by atoms with Crippen LogP contribution in [-0.4, -0.2) is 15.4 Å². The van der Waals surface area contributed by atoms with Crippen LogP contribution in [0.1, 0.15) is 51.0 Å². The number of allylic oxidation sites excluding steroid dienone is 1. The van der Waals surface area contributed by atoms with Crippen LogP contribution < -0.4 is 0 Å². The smallest absolute Gasteiger partial charge is 0.0874 e. The minimum Gasteiger partial charge on any atom is -0.388 e. The highest BCUT2D eigenvalue weighted by atomic mass is 32.2. The number of hydrogen-bond donors (Lipinski definition) is 1. The Hall–Kier alpha value is -0.930. The van der Waals surface area contributed by atoms with Crippen molar-refractivity contribution < 1.29 is 9.32 Å². The summed E-state index contributed by atoms with van der Waals surface area (Å²) in [5, 5.41) is 10.3. The van der Waals surface area contributed by atoms with Crippen molar-refractivity contribution >= 4 is 10.8 Å². The molecule has 2 atom stereocenters. The molecule has 1 aromatic carbocycles. The molecular weight excluding hydrogens is 268 g/mol. The van der Waals surface area contributed by atoms with Gasteiger partial charge in [0.2, 0.25) is 0 Å². The van der Waals surface area contributed by atoms with Crippen LogP contribution in [0.2, 0.25) is 0 Å². The van der Waals surface area contributed by atoms with Gasteiger partial charge in [-0.3, -0.25) is 0 Å². The van der Waals surface area contributed by atoms with E-state index in [0.717, 1.165) is 41.0 Å². The van der Waals surface area contributed by atoms with E-state index < -0.39 is 16.9 Å². The highest BCUT2D eigenvalue weighted by Crippen LogP contribution is 2.31. The molecule has 1 aromatic rings. The Kier molecular flexibility index (Phi) is 5.55. The summed E-state index contributed by atoms with van der Waals surface area (Å²) in [5.41, 5.74) is 2.39. The lowest BCUT2D eigenvalue weighted by atomic mass is 9.93. The van der Waals surface area contributed by atoms with Crippen molar-refractivity contribution in [1.29, 1.82) is 0 Å². The molecule has 3 heteroatoms. The van der Waals surface area contributed by atoms with Crippen LogP contribution in [-0.2, 0) is 10.8 Å². The normalized spacial score (nSPS) is 18.6. The van der Waals surface area contributed by atoms with E-state index in [4.69, 9.17) is 0 Å². The topological polar surface area (TPSA) is 37.3 Å². The third-order valence-electron chi connectivity index (χ3n) is 3.93. The second-order valence-corrected chi connectivity index (χ2v) is 6.98. The number of rotatable bonds is 4. The van der Waals surface area contributed by atoms with E-state index in [1.165, 1.54) is 12.0 Å². The quantitative estimate of drug-likeness (QED) is 0.907. The first-order chi connectivity index (χ1) is 9.63. The predicted octanol–water partition coefficient (Wildman–Crippen LogP) is 4.09. The first-order valence-corrected chi connectivity index (χ1v) is 8.67. The summed E-state index contributed by atoms with van der Waals surface area (Å²) in [6, 6.07) is 7.79. The van der Waals surface area contributed by atoms with Crippen LogP contribution in [0.3, 0.4) is 0 Å². The van der Waals surface area contributed by atoms with Crippen LogP contribution in [0, 0.1) is 6.92 Å². The molecule has 2 rings (SSSR count). The molecule has 20 heavy (non-hydrogen) atoms. The molecule has 0 radical (unpaired) electrons. The average Bonchev–Trinajstić information content (AvgIpc) is 2.49. The maximum absolute atomic E-state index is 12.8. The maximum atomic E-state index is 12.8. The van der Waals surface area contributed by atoms with Gasteiger partial charge in [0.15, 0.2) is 0 Å². The first-order valence-electron chi connectivity index (χ1n) is 7.52. The Labute approximate surface area is 124 Å². The first kappa shape index (κ1) is 15.5. The molecule has 0 saturated heterocycles. The van der Waals surface area contributed by atoms with Crippen molar-refractivity contribution in [1.82, 2.24) is 0 Å². The Morgan fingerprint density at radius 1 is 1.20 bits per heavy atom. The summed E-state index contributed by atoms with van der Waals surface area (Å²) in [6.45, 7) is 3.97. The Morgan fingerprint density at radius 2 is 1.80 bits per heavy atom. The van der Waals surface area contributed by atoms with Crippen molar-refractivity contribution in [2.24, 2.45) is 0 Å². The van der Waals surface area contributed by atoms with E-state index in [2.05, 4.69) is 0 Å². The van der Waals surface area contributed by atoms with Gasteiger partial charge in [0.1, 0.15) is 0 Å². The van der Waals surface area contributed by atoms with Gasteiger partial charge in [-0.15, -0.1) is 0 Å². The summed E-state index contributed by atoms with van der Waals surface area (Å²) in [5.74, 6) is 0. The molecular formula is C17H24O2S. The van der Waals surface area contributed by atoms with Crippen LogP contribution in [0.15, 0.2) is 39.6 Å². The predicted molar refractivity (Wildman–Crippen MR) is 84.0 cm³/mol. The van der Waals surface area contributed by atoms with Crippen molar-refractivity contribution in [2.75, 3.05) is 0 Å². The third kappa shape index (κ3) is 3.58. The zero-order chi connectivity index (χ0) is 14.5. The summed E-state index contributed by atoms with van der Waals surface area (Å²) in [6.07, 6.45) is 5.58. The second-order valence-electron chi connectivity index (χ2n) is 5.53. The highest BCUT2D eigenvalue weighted by Gasteiger charge is 2.23. The molecule has 1 aliphatic carbocycles. The summed E-state index contributed by atoms with van der Waals surface area (Å²) < 4.78 is 12.8. The van der Waals surface area contributed by atoms with Gasteiger partial charge in [0, 0.05) is 9.80 Å². The minimum atomic E-state index is -1.23. The van der Waals surface area contributed by atoms with E-state index >= 15 is 0 Å². The van der Waals surface area contributed by atoms with E-state index in [-0.39, 0.29) is 0 Å². The van der Waals surface area contributed by atoms with Crippen LogP contribution >= 0.6 is 0 Å². The molecule has 0 aliphatic heterocycles. The number of hydrogen-bond acceptors (Lipinski definition) is 2. The van der Waals surface area contributed by atoms with Gasteiger partial charge in [-0.25, -0.2) is 4.21 Å². The van der Waals surface area contributed by atoms with Crippen molar-refractivity contribution in [2.45, 2.75) is 63.4 Å². The molecule has 0 unspecified atom stereocenters. The summed E-state index contributed by atoms with van der Waals surface area (Å²) >= 11 is 0. The van der Waals surface area contributed by atoms with Crippen LogP contribution in [0.25, 0.3) is 0 Å². The lowest BCUT2D eigenvalue weighted by molar-refractivity contribution is 0.212. The monoisotopic (exact) mass is 292 g/mol. The fraction of sp³-hybridized carbons (Fsp3) is 0.529. The van der Waals surface area contributed by atoms with Crippen LogP contribution in [0.5, 0.6) is 0 Å². The van der Waals surface area contributed by atoms with Crippen molar-refractivity contribution in [3.8, 4) is 0 Å². The van der Waals surface area contributed by atoms with Gasteiger partial charge in [0.05, 0.1) is 16.9 Å². The van der Waals surface area contributed by atoms with E-state index in [0.29, 0.717) is 6.42 Å². The Balaban J connectivity index is 2.35. The average molecular weight is 292 g/mol. The fourth-order valence-corrected chi connectivity index (χ4v) is 4.21. The third-order valence-corrected chi connectivity index (χ3v) is 5.59. The molecule has 1 saturated carbocycles. The number of benzene rings is 1. The van der Waals surface area contributed by atoms with Gasteiger partial charge in [-0.2, -0.15) is 0 Å². The maximum Gasteiger partial charge on any atom is 0.0874 e. The second kappa shape index (κ2) is 7.19. The zero-order valence-corrected chi connectivity index (χ0v) is 13.2. The van der Waals surface area contributed by atoms with Crippen molar-refractivity contribution in [3.05, 3.63) is 40.3 Å². The number of aliphatic hydroxyl groups excluding tert-OH is 1. The van der Waals surface area contributed by atoms with E-state index in [1.54, 1.807) is 0 Å². The molecule has 0 aromatic heterocycles. The van der Waals surface area contributed by atoms with Crippen molar-refractivity contribution in [3.63, 3.8) is 0 Å². The molecule has 1 aliphatic rings. The van der Waals surface area contributed by atoms with Gasteiger partial charge in [0.25, 0.3) is 0 Å². The van der Waals surface area contributed by atoms with E-state index in [1.807, 2.05) is 38.1 Å². The highest BCUT2D eigenvalue weighted by molar-refractivity contribution is 7.89. The SMILES string of the molecule is CC[C@H](O)C(=C1CCCCC1)[S@@](=O)c1ccc(C)cc1. The molecule has 0 heterocycles. The molecule has 0 amide bonds. The molecule has 1 N–H and O–H groups in total. The standard InChI is InChI=1S/C17H24O2S/c1-3-16(18)17(14-7-5-4-6-8-14)20(19)15-11-9-13(2)10-12-15/h9-12,16,18H,3-8H2,1-2H3/t16-,20-/m0/s1. The largest absolute Gasteiger partial charge is 0.388 e. The molecule has 2 nitrogen and oxygen atoms in total. The molecule has 0 bridgehead atoms. The molecule has 1 fully saturated rings. The summed E-state index contributed by atoms with van der Waals surface area (Å²) in [7, 11) is -1.23. The van der Waals surface area contributed by atoms with Gasteiger partial charge < -0.3 is 5.11 Å². The lowest BCUT2D eigenvalue weighted by Crippen LogP contribution is -2.17.